The highest BCUT2D eigenvalue weighted by Crippen LogP contribution is 2.31. The number of hydrogen-bond donors (Lipinski definition) is 1. The minimum absolute atomic E-state index is 0.0329. The molecule has 2 amide bonds. The molecule has 0 spiro atoms. The zero-order valence-electron chi connectivity index (χ0n) is 14.8. The van der Waals surface area contributed by atoms with Crippen molar-refractivity contribution in [2.24, 2.45) is 5.92 Å². The van der Waals surface area contributed by atoms with Gasteiger partial charge in [-0.1, -0.05) is 18.2 Å². The van der Waals surface area contributed by atoms with Gasteiger partial charge in [0, 0.05) is 38.0 Å². The molecule has 4 rings (SSSR count). The number of piperidine rings is 1. The zero-order chi connectivity index (χ0) is 18.1. The van der Waals surface area contributed by atoms with Crippen LogP contribution in [-0.4, -0.2) is 36.9 Å². The number of carbonyl (C=O) groups excluding carboxylic acids is 2. The van der Waals surface area contributed by atoms with Crippen molar-refractivity contribution in [2.45, 2.75) is 19.3 Å². The summed E-state index contributed by atoms with van der Waals surface area (Å²) in [7, 11) is 1.78. The number of amides is 2. The minimum atomic E-state index is -0.250. The number of hydrogen-bond acceptors (Lipinski definition) is 3. The van der Waals surface area contributed by atoms with E-state index >= 15 is 0 Å². The number of nitrogens with zero attached hydrogens (tertiary/aromatic N) is 1. The fourth-order valence-corrected chi connectivity index (χ4v) is 3.55. The number of likely N-dealkylation sites (tertiary alicyclic amines) is 1. The topological polar surface area (TPSA) is 58.6 Å². The lowest BCUT2D eigenvalue weighted by molar-refractivity contribution is -0.137. The predicted octanol–water partition coefficient (Wildman–Crippen LogP) is 3.10. The number of rotatable bonds is 3. The van der Waals surface area contributed by atoms with Gasteiger partial charge in [0.15, 0.2) is 0 Å². The Balaban J connectivity index is 1.49. The van der Waals surface area contributed by atoms with Gasteiger partial charge in [0.25, 0.3) is 0 Å². The summed E-state index contributed by atoms with van der Waals surface area (Å²) in [5.41, 5.74) is 4.15. The Bertz CT molecular complexity index is 862. The van der Waals surface area contributed by atoms with Crippen molar-refractivity contribution in [3.8, 4) is 16.9 Å². The van der Waals surface area contributed by atoms with Gasteiger partial charge in [-0.25, -0.2) is 0 Å². The second-order valence-electron chi connectivity index (χ2n) is 7.00. The van der Waals surface area contributed by atoms with Crippen LogP contribution in [0.5, 0.6) is 5.75 Å². The Hall–Kier alpha value is -2.82. The molecule has 26 heavy (non-hydrogen) atoms. The molecule has 0 bridgehead atoms. The highest BCUT2D eigenvalue weighted by atomic mass is 16.5. The van der Waals surface area contributed by atoms with E-state index in [2.05, 4.69) is 11.4 Å². The van der Waals surface area contributed by atoms with Crippen LogP contribution >= 0.6 is 0 Å². The third-order valence-electron chi connectivity index (χ3n) is 5.18. The van der Waals surface area contributed by atoms with Crippen molar-refractivity contribution >= 4 is 17.5 Å². The Morgan fingerprint density at radius 1 is 1.19 bits per heavy atom. The molecule has 1 atom stereocenters. The van der Waals surface area contributed by atoms with Crippen LogP contribution in [0.3, 0.4) is 0 Å². The minimum Gasteiger partial charge on any atom is -0.493 e. The van der Waals surface area contributed by atoms with Gasteiger partial charge in [-0.05, 0) is 47.4 Å². The van der Waals surface area contributed by atoms with Crippen LogP contribution in [0.25, 0.3) is 11.1 Å². The van der Waals surface area contributed by atoms with E-state index in [-0.39, 0.29) is 24.2 Å². The molecule has 1 N–H and O–H groups in total. The number of carbonyl (C=O) groups is 2. The van der Waals surface area contributed by atoms with Crippen LogP contribution in [0.15, 0.2) is 42.5 Å². The fraction of sp³-hybridized carbons (Fsp3) is 0.333. The van der Waals surface area contributed by atoms with Gasteiger partial charge in [-0.15, -0.1) is 0 Å². The number of fused-ring (bicyclic) bond motifs is 1. The smallest absolute Gasteiger partial charge is 0.228 e. The molecule has 0 aliphatic carbocycles. The maximum absolute atomic E-state index is 12.5. The summed E-state index contributed by atoms with van der Waals surface area (Å²) in [6.07, 6.45) is 1.93. The maximum atomic E-state index is 12.5. The molecule has 5 nitrogen and oxygen atoms in total. The Morgan fingerprint density at radius 3 is 2.88 bits per heavy atom. The van der Waals surface area contributed by atoms with Crippen LogP contribution in [0.2, 0.25) is 0 Å². The highest BCUT2D eigenvalue weighted by Gasteiger charge is 2.28. The van der Waals surface area contributed by atoms with E-state index in [0.717, 1.165) is 35.6 Å². The third kappa shape index (κ3) is 3.29. The highest BCUT2D eigenvalue weighted by molar-refractivity contribution is 5.96. The van der Waals surface area contributed by atoms with Crippen LogP contribution in [-0.2, 0) is 16.0 Å². The van der Waals surface area contributed by atoms with Crippen LogP contribution < -0.4 is 10.1 Å². The zero-order valence-corrected chi connectivity index (χ0v) is 14.8. The van der Waals surface area contributed by atoms with Crippen molar-refractivity contribution < 1.29 is 14.3 Å². The summed E-state index contributed by atoms with van der Waals surface area (Å²) in [4.78, 5) is 26.0. The van der Waals surface area contributed by atoms with Crippen molar-refractivity contribution in [2.75, 3.05) is 25.5 Å². The van der Waals surface area contributed by atoms with E-state index in [4.69, 9.17) is 4.74 Å². The lowest BCUT2D eigenvalue weighted by atomic mass is 9.95. The molecule has 0 saturated carbocycles. The average Bonchev–Trinajstić information content (AvgIpc) is 3.12. The van der Waals surface area contributed by atoms with E-state index < -0.39 is 0 Å². The molecular weight excluding hydrogens is 328 g/mol. The molecule has 2 aliphatic rings. The first-order chi connectivity index (χ1) is 12.6. The standard InChI is InChI=1S/C21H22N2O3/c1-23-9-7-17(13-20(23)24)21(25)22-18-4-2-3-14(12-18)15-5-6-19-16(11-15)8-10-26-19/h2-6,11-12,17H,7-10,13H2,1H3,(H,22,25). The van der Waals surface area contributed by atoms with E-state index in [1.54, 1.807) is 11.9 Å². The monoisotopic (exact) mass is 350 g/mol. The lowest BCUT2D eigenvalue weighted by Crippen LogP contribution is -2.39. The summed E-state index contributed by atoms with van der Waals surface area (Å²) in [6, 6.07) is 14.0. The molecular formula is C21H22N2O3. The molecule has 5 heteroatoms. The molecule has 134 valence electrons. The molecule has 2 aliphatic heterocycles. The van der Waals surface area contributed by atoms with E-state index in [0.29, 0.717) is 13.0 Å². The Labute approximate surface area is 153 Å². The molecule has 2 aromatic rings. The van der Waals surface area contributed by atoms with Crippen molar-refractivity contribution in [1.29, 1.82) is 0 Å². The SMILES string of the molecule is CN1CCC(C(=O)Nc2cccc(-c3ccc4c(c3)CCO4)c2)CC1=O. The normalized spacial score (nSPS) is 19.0. The number of anilines is 1. The first-order valence-electron chi connectivity index (χ1n) is 9.01. The second kappa shape index (κ2) is 6.83. The van der Waals surface area contributed by atoms with Crippen molar-refractivity contribution in [1.82, 2.24) is 4.90 Å². The van der Waals surface area contributed by atoms with Crippen LogP contribution in [0.1, 0.15) is 18.4 Å². The molecule has 1 saturated heterocycles. The largest absolute Gasteiger partial charge is 0.493 e. The molecule has 0 aromatic heterocycles. The first-order valence-corrected chi connectivity index (χ1v) is 9.01. The summed E-state index contributed by atoms with van der Waals surface area (Å²) in [6.45, 7) is 1.37. The first kappa shape index (κ1) is 16.6. The average molecular weight is 350 g/mol. The Morgan fingerprint density at radius 2 is 2.04 bits per heavy atom. The fourth-order valence-electron chi connectivity index (χ4n) is 3.55. The lowest BCUT2D eigenvalue weighted by Gasteiger charge is -2.27. The summed E-state index contributed by atoms with van der Waals surface area (Å²) >= 11 is 0. The van der Waals surface area contributed by atoms with E-state index in [1.807, 2.05) is 36.4 Å². The predicted molar refractivity (Wildman–Crippen MR) is 100 cm³/mol. The molecule has 0 radical (unpaired) electrons. The quantitative estimate of drug-likeness (QED) is 0.925. The van der Waals surface area contributed by atoms with Gasteiger partial charge in [0.1, 0.15) is 5.75 Å². The van der Waals surface area contributed by atoms with E-state index in [1.165, 1.54) is 5.56 Å². The maximum Gasteiger partial charge on any atom is 0.228 e. The van der Waals surface area contributed by atoms with Gasteiger partial charge < -0.3 is 15.0 Å². The summed E-state index contributed by atoms with van der Waals surface area (Å²) in [5, 5.41) is 2.98. The molecule has 1 unspecified atom stereocenters. The van der Waals surface area contributed by atoms with Crippen molar-refractivity contribution in [3.63, 3.8) is 0 Å². The van der Waals surface area contributed by atoms with Gasteiger partial charge in [0.05, 0.1) is 6.61 Å². The van der Waals surface area contributed by atoms with Gasteiger partial charge in [-0.3, -0.25) is 9.59 Å². The van der Waals surface area contributed by atoms with Crippen LogP contribution in [0.4, 0.5) is 5.69 Å². The Kier molecular flexibility index (Phi) is 4.37. The van der Waals surface area contributed by atoms with Gasteiger partial charge in [-0.2, -0.15) is 0 Å². The third-order valence-corrected chi connectivity index (χ3v) is 5.18. The number of benzene rings is 2. The molecule has 1 fully saturated rings. The molecule has 2 aromatic carbocycles. The summed E-state index contributed by atoms with van der Waals surface area (Å²) in [5.74, 6) is 0.668. The van der Waals surface area contributed by atoms with Crippen LogP contribution in [0, 0.1) is 5.92 Å². The van der Waals surface area contributed by atoms with Gasteiger partial charge >= 0.3 is 0 Å². The summed E-state index contributed by atoms with van der Waals surface area (Å²) < 4.78 is 5.56. The molecule has 2 heterocycles. The van der Waals surface area contributed by atoms with Crippen molar-refractivity contribution in [3.05, 3.63) is 48.0 Å². The van der Waals surface area contributed by atoms with E-state index in [9.17, 15) is 9.59 Å². The number of ether oxygens (including phenoxy) is 1. The van der Waals surface area contributed by atoms with Gasteiger partial charge in [0.2, 0.25) is 11.8 Å². The second-order valence-corrected chi connectivity index (χ2v) is 7.00. The number of nitrogens with one attached hydrogen (secondary N) is 1.